The molecule has 1 heterocycles. The van der Waals surface area contributed by atoms with Gasteiger partial charge in [-0.3, -0.25) is 15.0 Å². The summed E-state index contributed by atoms with van der Waals surface area (Å²) in [6, 6.07) is 4.04. The van der Waals surface area contributed by atoms with E-state index in [1.54, 1.807) is 0 Å². The normalized spacial score (nSPS) is 17.3. The molecule has 0 bridgehead atoms. The number of nitro groups is 1. The average Bonchev–Trinajstić information content (AvgIpc) is 2.42. The molecule has 1 aliphatic rings. The smallest absolute Gasteiger partial charge is 0.269 e. The SMILES string of the molecule is Cl.O=[N+]([O-])c1ccc(Cl)c([C@@H](CO)N2CCNCC2)c1. The number of hydrogen-bond acceptors (Lipinski definition) is 5. The number of piperazine rings is 1. The molecular weight excluding hydrogens is 305 g/mol. The van der Waals surface area contributed by atoms with Crippen molar-refractivity contribution >= 4 is 29.7 Å². The Morgan fingerprint density at radius 3 is 2.65 bits per heavy atom. The summed E-state index contributed by atoms with van der Waals surface area (Å²) in [6.45, 7) is 3.13. The van der Waals surface area contributed by atoms with Gasteiger partial charge in [0, 0.05) is 43.3 Å². The van der Waals surface area contributed by atoms with Crippen LogP contribution in [0.25, 0.3) is 0 Å². The van der Waals surface area contributed by atoms with E-state index in [2.05, 4.69) is 10.2 Å². The second kappa shape index (κ2) is 7.75. The highest BCUT2D eigenvalue weighted by Gasteiger charge is 2.25. The molecule has 1 atom stereocenters. The summed E-state index contributed by atoms with van der Waals surface area (Å²) in [5.74, 6) is 0. The lowest BCUT2D eigenvalue weighted by Crippen LogP contribution is -2.46. The van der Waals surface area contributed by atoms with Gasteiger partial charge in [-0.05, 0) is 11.6 Å². The first-order valence-electron chi connectivity index (χ1n) is 6.13. The highest BCUT2D eigenvalue weighted by Crippen LogP contribution is 2.30. The van der Waals surface area contributed by atoms with E-state index in [-0.39, 0.29) is 30.7 Å². The molecule has 112 valence electrons. The Labute approximate surface area is 128 Å². The maximum absolute atomic E-state index is 10.8. The molecule has 0 aliphatic carbocycles. The molecule has 1 fully saturated rings. The average molecular weight is 322 g/mol. The van der Waals surface area contributed by atoms with Crippen LogP contribution in [0.2, 0.25) is 5.02 Å². The van der Waals surface area contributed by atoms with Gasteiger partial charge in [0.1, 0.15) is 0 Å². The minimum atomic E-state index is -0.452. The molecule has 20 heavy (non-hydrogen) atoms. The first-order valence-corrected chi connectivity index (χ1v) is 6.50. The first kappa shape index (κ1) is 17.1. The Bertz CT molecular complexity index is 467. The monoisotopic (exact) mass is 321 g/mol. The van der Waals surface area contributed by atoms with E-state index >= 15 is 0 Å². The molecule has 1 aromatic carbocycles. The van der Waals surface area contributed by atoms with E-state index in [4.69, 9.17) is 11.6 Å². The summed E-state index contributed by atoms with van der Waals surface area (Å²) in [4.78, 5) is 12.5. The largest absolute Gasteiger partial charge is 0.394 e. The van der Waals surface area contributed by atoms with E-state index < -0.39 is 4.92 Å². The van der Waals surface area contributed by atoms with Crippen LogP contribution in [0.4, 0.5) is 5.69 Å². The summed E-state index contributed by atoms with van der Waals surface area (Å²) in [7, 11) is 0. The van der Waals surface area contributed by atoms with E-state index in [9.17, 15) is 15.2 Å². The molecule has 6 nitrogen and oxygen atoms in total. The van der Waals surface area contributed by atoms with Crippen molar-refractivity contribution < 1.29 is 10.0 Å². The molecule has 2 N–H and O–H groups in total. The van der Waals surface area contributed by atoms with Crippen LogP contribution in [0.3, 0.4) is 0 Å². The lowest BCUT2D eigenvalue weighted by molar-refractivity contribution is -0.385. The van der Waals surface area contributed by atoms with E-state index in [1.165, 1.54) is 18.2 Å². The Kier molecular flexibility index (Phi) is 6.64. The number of non-ortho nitro benzene ring substituents is 1. The van der Waals surface area contributed by atoms with E-state index in [0.717, 1.165) is 26.2 Å². The standard InChI is InChI=1S/C12H16ClN3O3.ClH/c13-11-2-1-9(16(18)19)7-10(11)12(8-17)15-5-3-14-4-6-15;/h1-2,7,12,14,17H,3-6,8H2;1H/t12-;/m1./s1. The van der Waals surface area contributed by atoms with Crippen LogP contribution in [-0.4, -0.2) is 47.7 Å². The van der Waals surface area contributed by atoms with Crippen LogP contribution in [0.5, 0.6) is 0 Å². The molecule has 0 unspecified atom stereocenters. The zero-order valence-corrected chi connectivity index (χ0v) is 12.4. The molecule has 2 rings (SSSR count). The number of nitro benzene ring substituents is 1. The lowest BCUT2D eigenvalue weighted by Gasteiger charge is -2.34. The van der Waals surface area contributed by atoms with Crippen molar-refractivity contribution in [2.45, 2.75) is 6.04 Å². The molecule has 0 amide bonds. The van der Waals surface area contributed by atoms with Crippen molar-refractivity contribution in [3.63, 3.8) is 0 Å². The fourth-order valence-electron chi connectivity index (χ4n) is 2.30. The predicted molar refractivity (Wildman–Crippen MR) is 79.6 cm³/mol. The van der Waals surface area contributed by atoms with Crippen LogP contribution in [0.15, 0.2) is 18.2 Å². The van der Waals surface area contributed by atoms with Gasteiger partial charge in [-0.2, -0.15) is 0 Å². The van der Waals surface area contributed by atoms with E-state index in [1.807, 2.05) is 0 Å². The van der Waals surface area contributed by atoms with E-state index in [0.29, 0.717) is 10.6 Å². The zero-order chi connectivity index (χ0) is 13.8. The second-order valence-corrected chi connectivity index (χ2v) is 4.85. The maximum atomic E-state index is 10.8. The Hall–Kier alpha value is -0.920. The summed E-state index contributed by atoms with van der Waals surface area (Å²) in [5.41, 5.74) is 0.605. The van der Waals surface area contributed by atoms with Crippen LogP contribution in [-0.2, 0) is 0 Å². The highest BCUT2D eigenvalue weighted by molar-refractivity contribution is 6.31. The lowest BCUT2D eigenvalue weighted by atomic mass is 10.0. The van der Waals surface area contributed by atoms with Gasteiger partial charge in [0.2, 0.25) is 0 Å². The predicted octanol–water partition coefficient (Wildman–Crippen LogP) is 1.61. The number of hydrogen-bond donors (Lipinski definition) is 2. The fraction of sp³-hybridized carbons (Fsp3) is 0.500. The molecule has 1 saturated heterocycles. The van der Waals surface area contributed by atoms with Crippen molar-refractivity contribution in [1.29, 1.82) is 0 Å². The van der Waals surface area contributed by atoms with Gasteiger partial charge in [0.05, 0.1) is 17.6 Å². The Morgan fingerprint density at radius 1 is 1.45 bits per heavy atom. The summed E-state index contributed by atoms with van der Waals surface area (Å²) in [6.07, 6.45) is 0. The third-order valence-electron chi connectivity index (χ3n) is 3.31. The molecular formula is C12H17Cl2N3O3. The molecule has 1 aromatic rings. The van der Waals surface area contributed by atoms with Gasteiger partial charge in [-0.25, -0.2) is 0 Å². The maximum Gasteiger partial charge on any atom is 0.269 e. The quantitative estimate of drug-likeness (QED) is 0.650. The second-order valence-electron chi connectivity index (χ2n) is 4.45. The van der Waals surface area contributed by atoms with Crippen LogP contribution in [0.1, 0.15) is 11.6 Å². The van der Waals surface area contributed by atoms with Crippen LogP contribution >= 0.6 is 24.0 Å². The molecule has 1 aliphatic heterocycles. The molecule has 0 radical (unpaired) electrons. The number of nitrogens with zero attached hydrogens (tertiary/aromatic N) is 2. The van der Waals surface area contributed by atoms with Gasteiger partial charge >= 0.3 is 0 Å². The molecule has 8 heteroatoms. The van der Waals surface area contributed by atoms with Crippen molar-refractivity contribution in [3.05, 3.63) is 38.9 Å². The van der Waals surface area contributed by atoms with Crippen molar-refractivity contribution in [2.24, 2.45) is 0 Å². The third-order valence-corrected chi connectivity index (χ3v) is 3.66. The van der Waals surface area contributed by atoms with Gasteiger partial charge in [-0.15, -0.1) is 12.4 Å². The minimum absolute atomic E-state index is 0. The van der Waals surface area contributed by atoms with Gasteiger partial charge < -0.3 is 10.4 Å². The first-order chi connectivity index (χ1) is 9.13. The van der Waals surface area contributed by atoms with Crippen molar-refractivity contribution in [3.8, 4) is 0 Å². The number of aliphatic hydroxyl groups is 1. The highest BCUT2D eigenvalue weighted by atomic mass is 35.5. The molecule has 0 spiro atoms. The summed E-state index contributed by atoms with van der Waals surface area (Å²) in [5, 5.41) is 24.1. The zero-order valence-electron chi connectivity index (χ0n) is 10.8. The number of halogens is 2. The number of aliphatic hydroxyl groups excluding tert-OH is 1. The number of nitrogens with one attached hydrogen (secondary N) is 1. The van der Waals surface area contributed by atoms with Gasteiger partial charge in [0.25, 0.3) is 5.69 Å². The minimum Gasteiger partial charge on any atom is -0.394 e. The summed E-state index contributed by atoms with van der Waals surface area (Å²) >= 11 is 6.12. The van der Waals surface area contributed by atoms with Crippen molar-refractivity contribution in [1.82, 2.24) is 10.2 Å². The molecule has 0 saturated carbocycles. The number of rotatable bonds is 4. The van der Waals surface area contributed by atoms with Crippen LogP contribution in [0, 0.1) is 10.1 Å². The van der Waals surface area contributed by atoms with Crippen LogP contribution < -0.4 is 5.32 Å². The van der Waals surface area contributed by atoms with Gasteiger partial charge in [-0.1, -0.05) is 11.6 Å². The van der Waals surface area contributed by atoms with Gasteiger partial charge in [0.15, 0.2) is 0 Å². The Balaban J connectivity index is 0.00000200. The fourth-order valence-corrected chi connectivity index (χ4v) is 2.55. The summed E-state index contributed by atoms with van der Waals surface area (Å²) < 4.78 is 0. The number of benzene rings is 1. The topological polar surface area (TPSA) is 78.6 Å². The third kappa shape index (κ3) is 3.80. The van der Waals surface area contributed by atoms with Crippen molar-refractivity contribution in [2.75, 3.05) is 32.8 Å². The molecule has 0 aromatic heterocycles. The Morgan fingerprint density at radius 2 is 2.10 bits per heavy atom.